The van der Waals surface area contributed by atoms with Gasteiger partial charge < -0.3 is 9.57 Å². The van der Waals surface area contributed by atoms with Crippen molar-refractivity contribution < 1.29 is 14.4 Å². The number of rotatable bonds is 4. The molecule has 0 bridgehead atoms. The smallest absolute Gasteiger partial charge is 0.308 e. The van der Waals surface area contributed by atoms with Crippen LogP contribution in [0.4, 0.5) is 0 Å². The Bertz CT molecular complexity index is 666. The second-order valence-corrected chi connectivity index (χ2v) is 4.38. The molecule has 0 spiro atoms. The Hall–Kier alpha value is -2.69. The molecule has 0 fully saturated rings. The first-order chi connectivity index (χ1) is 10.1. The zero-order chi connectivity index (χ0) is 15.2. The van der Waals surface area contributed by atoms with Crippen molar-refractivity contribution in [2.45, 2.75) is 13.8 Å². The van der Waals surface area contributed by atoms with E-state index < -0.39 is 0 Å². The maximum Gasteiger partial charge on any atom is 0.308 e. The van der Waals surface area contributed by atoms with Crippen LogP contribution in [0.2, 0.25) is 0 Å². The van der Waals surface area contributed by atoms with Crippen molar-refractivity contribution in [3.05, 3.63) is 48.2 Å². The molecule has 0 amide bonds. The number of carbonyl (C=O) groups excluding carboxylic acids is 1. The van der Waals surface area contributed by atoms with E-state index in [0.717, 1.165) is 22.5 Å². The summed E-state index contributed by atoms with van der Waals surface area (Å²) in [6, 6.07) is 11.0. The molecule has 2 rings (SSSR count). The zero-order valence-corrected chi connectivity index (χ0v) is 12.2. The van der Waals surface area contributed by atoms with Gasteiger partial charge in [0.05, 0.1) is 11.4 Å². The van der Waals surface area contributed by atoms with Crippen LogP contribution in [0.25, 0.3) is 11.3 Å². The maximum absolute atomic E-state index is 11.2. The normalized spacial score (nSPS) is 11.1. The van der Waals surface area contributed by atoms with Gasteiger partial charge in [-0.25, -0.2) is 0 Å². The van der Waals surface area contributed by atoms with Crippen LogP contribution in [0.3, 0.4) is 0 Å². The molecule has 0 saturated heterocycles. The molecule has 0 atom stereocenters. The first-order valence-electron chi connectivity index (χ1n) is 6.44. The Morgan fingerprint density at radius 2 is 2.00 bits per heavy atom. The Morgan fingerprint density at radius 1 is 1.19 bits per heavy atom. The number of hydrogen-bond donors (Lipinski definition) is 0. The molecule has 0 N–H and O–H groups in total. The van der Waals surface area contributed by atoms with Gasteiger partial charge in [0.1, 0.15) is 12.9 Å². The van der Waals surface area contributed by atoms with Gasteiger partial charge in [0.15, 0.2) is 0 Å². The van der Waals surface area contributed by atoms with Crippen molar-refractivity contribution >= 4 is 11.7 Å². The second-order valence-electron chi connectivity index (χ2n) is 4.38. The average molecular weight is 284 g/mol. The van der Waals surface area contributed by atoms with E-state index in [1.165, 1.54) is 14.0 Å². The van der Waals surface area contributed by atoms with Gasteiger partial charge in [-0.3, -0.25) is 9.78 Å². The summed E-state index contributed by atoms with van der Waals surface area (Å²) in [5.74, 6) is 0.0948. The highest BCUT2D eigenvalue weighted by molar-refractivity contribution is 5.99. The van der Waals surface area contributed by atoms with E-state index in [9.17, 15) is 4.79 Å². The molecule has 5 nitrogen and oxygen atoms in total. The lowest BCUT2D eigenvalue weighted by molar-refractivity contribution is -0.131. The van der Waals surface area contributed by atoms with Crippen LogP contribution in [-0.2, 0) is 9.63 Å². The summed E-state index contributed by atoms with van der Waals surface area (Å²) in [7, 11) is 1.50. The maximum atomic E-state index is 11.2. The first-order valence-corrected chi connectivity index (χ1v) is 6.44. The first kappa shape index (κ1) is 14.7. The van der Waals surface area contributed by atoms with E-state index in [0.29, 0.717) is 5.75 Å². The van der Waals surface area contributed by atoms with Crippen molar-refractivity contribution in [1.82, 2.24) is 4.98 Å². The lowest BCUT2D eigenvalue weighted by Gasteiger charge is -2.10. The summed E-state index contributed by atoms with van der Waals surface area (Å²) in [6.45, 7) is 3.21. The molecular formula is C16H16N2O3. The van der Waals surface area contributed by atoms with Crippen LogP contribution >= 0.6 is 0 Å². The molecule has 1 aromatic heterocycles. The van der Waals surface area contributed by atoms with E-state index in [-0.39, 0.29) is 5.97 Å². The monoisotopic (exact) mass is 284 g/mol. The fraction of sp³-hybridized carbons (Fsp3) is 0.188. The fourth-order valence-electron chi connectivity index (χ4n) is 1.91. The van der Waals surface area contributed by atoms with Gasteiger partial charge in [-0.2, -0.15) is 0 Å². The van der Waals surface area contributed by atoms with Crippen LogP contribution < -0.4 is 4.74 Å². The van der Waals surface area contributed by atoms with Crippen molar-refractivity contribution in [2.75, 3.05) is 7.11 Å². The van der Waals surface area contributed by atoms with Crippen LogP contribution in [0.1, 0.15) is 19.4 Å². The largest absolute Gasteiger partial charge is 0.426 e. The third kappa shape index (κ3) is 3.66. The van der Waals surface area contributed by atoms with Gasteiger partial charge >= 0.3 is 5.97 Å². The molecule has 0 aliphatic rings. The molecule has 21 heavy (non-hydrogen) atoms. The number of aromatic nitrogens is 1. The molecule has 0 radical (unpaired) electrons. The second kappa shape index (κ2) is 6.65. The van der Waals surface area contributed by atoms with Crippen LogP contribution in [0.5, 0.6) is 5.75 Å². The van der Waals surface area contributed by atoms with Crippen molar-refractivity contribution in [3.8, 4) is 17.0 Å². The van der Waals surface area contributed by atoms with Gasteiger partial charge in [-0.05, 0) is 42.8 Å². The highest BCUT2D eigenvalue weighted by Gasteiger charge is 2.12. The number of carbonyl (C=O) groups is 1. The number of hydrogen-bond acceptors (Lipinski definition) is 5. The summed E-state index contributed by atoms with van der Waals surface area (Å²) < 4.78 is 5.24. The lowest BCUT2D eigenvalue weighted by Crippen LogP contribution is -2.04. The van der Waals surface area contributed by atoms with E-state index in [1.807, 2.05) is 37.3 Å². The lowest BCUT2D eigenvalue weighted by atomic mass is 10.0. The van der Waals surface area contributed by atoms with Crippen LogP contribution in [0.15, 0.2) is 47.8 Å². The SMILES string of the molecule is CO/N=C(/C)c1ccc(OC(C)=O)c(-c2ccccn2)c1. The minimum Gasteiger partial charge on any atom is -0.426 e. The number of ether oxygens (including phenoxy) is 1. The molecule has 0 unspecified atom stereocenters. The van der Waals surface area contributed by atoms with Crippen LogP contribution in [-0.4, -0.2) is 23.8 Å². The minimum absolute atomic E-state index is 0.373. The predicted molar refractivity (Wildman–Crippen MR) is 80.2 cm³/mol. The zero-order valence-electron chi connectivity index (χ0n) is 12.2. The number of benzene rings is 1. The highest BCUT2D eigenvalue weighted by atomic mass is 16.6. The predicted octanol–water partition coefficient (Wildman–Crippen LogP) is 3.04. The molecular weight excluding hydrogens is 268 g/mol. The summed E-state index contributed by atoms with van der Waals surface area (Å²) in [5, 5.41) is 3.91. The molecule has 2 aromatic rings. The van der Waals surface area contributed by atoms with E-state index in [2.05, 4.69) is 10.1 Å². The van der Waals surface area contributed by atoms with E-state index in [1.54, 1.807) is 12.3 Å². The van der Waals surface area contributed by atoms with Crippen LogP contribution in [0, 0.1) is 0 Å². The molecule has 5 heteroatoms. The van der Waals surface area contributed by atoms with E-state index >= 15 is 0 Å². The minimum atomic E-state index is -0.373. The number of esters is 1. The Labute approximate surface area is 123 Å². The standard InChI is InChI=1S/C16H16N2O3/c1-11(18-20-3)13-7-8-16(21-12(2)19)14(10-13)15-6-4-5-9-17-15/h4-10H,1-3H3/b18-11-. The average Bonchev–Trinajstić information content (AvgIpc) is 2.48. The summed E-state index contributed by atoms with van der Waals surface area (Å²) >= 11 is 0. The Morgan fingerprint density at radius 3 is 2.62 bits per heavy atom. The van der Waals surface area contributed by atoms with Crippen molar-refractivity contribution in [2.24, 2.45) is 5.16 Å². The Kier molecular flexibility index (Phi) is 4.66. The van der Waals surface area contributed by atoms with Crippen molar-refractivity contribution in [1.29, 1.82) is 0 Å². The summed E-state index contributed by atoms with van der Waals surface area (Å²) in [5.41, 5.74) is 3.05. The quantitative estimate of drug-likeness (QED) is 0.375. The Balaban J connectivity index is 2.54. The van der Waals surface area contributed by atoms with Gasteiger partial charge in [0.2, 0.25) is 0 Å². The highest BCUT2D eigenvalue weighted by Crippen LogP contribution is 2.30. The van der Waals surface area contributed by atoms with Gasteiger partial charge in [0.25, 0.3) is 0 Å². The third-order valence-corrected chi connectivity index (χ3v) is 2.82. The topological polar surface area (TPSA) is 60.8 Å². The molecule has 0 aliphatic heterocycles. The molecule has 0 aliphatic carbocycles. The number of nitrogens with zero attached hydrogens (tertiary/aromatic N) is 2. The molecule has 0 saturated carbocycles. The molecule has 1 heterocycles. The van der Waals surface area contributed by atoms with E-state index in [4.69, 9.17) is 9.57 Å². The number of oxime groups is 1. The summed E-state index contributed by atoms with van der Waals surface area (Å²) in [6.07, 6.45) is 1.69. The van der Waals surface area contributed by atoms with Gasteiger partial charge in [-0.1, -0.05) is 11.2 Å². The number of pyridine rings is 1. The van der Waals surface area contributed by atoms with Gasteiger partial charge in [-0.15, -0.1) is 0 Å². The van der Waals surface area contributed by atoms with Gasteiger partial charge in [0, 0.05) is 18.7 Å². The molecule has 108 valence electrons. The third-order valence-electron chi connectivity index (χ3n) is 2.82. The molecule has 1 aromatic carbocycles. The van der Waals surface area contributed by atoms with Crippen molar-refractivity contribution in [3.63, 3.8) is 0 Å². The summed E-state index contributed by atoms with van der Waals surface area (Å²) in [4.78, 5) is 20.3. The fourth-order valence-corrected chi connectivity index (χ4v) is 1.91.